The van der Waals surface area contributed by atoms with Gasteiger partial charge in [0, 0.05) is 17.8 Å². The highest BCUT2D eigenvalue weighted by Gasteiger charge is 2.29. The van der Waals surface area contributed by atoms with Gasteiger partial charge in [0.25, 0.3) is 10.0 Å². The van der Waals surface area contributed by atoms with Crippen molar-refractivity contribution < 1.29 is 13.5 Å². The van der Waals surface area contributed by atoms with E-state index >= 15 is 0 Å². The number of aromatic nitrogens is 2. The highest BCUT2D eigenvalue weighted by atomic mass is 32.2. The lowest BCUT2D eigenvalue weighted by molar-refractivity contribution is 0.277. The van der Waals surface area contributed by atoms with E-state index < -0.39 is 10.0 Å². The zero-order valence-corrected chi connectivity index (χ0v) is 13.1. The van der Waals surface area contributed by atoms with Crippen LogP contribution in [0, 0.1) is 13.8 Å². The van der Waals surface area contributed by atoms with E-state index in [0.717, 1.165) is 5.56 Å². The molecule has 0 saturated carbocycles. The fourth-order valence-electron chi connectivity index (χ4n) is 2.21. The first-order valence-electron chi connectivity index (χ1n) is 6.66. The van der Waals surface area contributed by atoms with Gasteiger partial charge in [-0.1, -0.05) is 12.1 Å². The van der Waals surface area contributed by atoms with Gasteiger partial charge < -0.3 is 5.11 Å². The fourth-order valence-corrected chi connectivity index (χ4v) is 3.84. The molecule has 0 amide bonds. The number of benzene rings is 1. The molecule has 0 unspecified atom stereocenters. The molecule has 0 aliphatic heterocycles. The third-order valence-electron chi connectivity index (χ3n) is 3.31. The first-order valence-corrected chi connectivity index (χ1v) is 8.10. The topological polar surface area (TPSA) is 86.3 Å². The summed E-state index contributed by atoms with van der Waals surface area (Å²) in [5.41, 5.74) is 2.42. The molecule has 2 N–H and O–H groups in total. The van der Waals surface area contributed by atoms with Crippen molar-refractivity contribution in [1.82, 2.24) is 10.2 Å². The Balaban J connectivity index is 2.55. The predicted molar refractivity (Wildman–Crippen MR) is 80.6 cm³/mol. The number of H-pyrrole nitrogens is 1. The number of anilines is 1. The maximum atomic E-state index is 12.8. The van der Waals surface area contributed by atoms with Crippen molar-refractivity contribution in [2.24, 2.45) is 0 Å². The number of sulfonamides is 1. The van der Waals surface area contributed by atoms with E-state index in [1.165, 1.54) is 4.31 Å². The Bertz CT molecular complexity index is 738. The molecule has 1 heterocycles. The molecular weight excluding hydrogens is 290 g/mol. The largest absolute Gasteiger partial charge is 0.392 e. The Morgan fingerprint density at radius 3 is 2.62 bits per heavy atom. The minimum Gasteiger partial charge on any atom is -0.392 e. The third kappa shape index (κ3) is 2.79. The van der Waals surface area contributed by atoms with Crippen LogP contribution < -0.4 is 4.31 Å². The van der Waals surface area contributed by atoms with Crippen LogP contribution >= 0.6 is 0 Å². The highest BCUT2D eigenvalue weighted by molar-refractivity contribution is 7.92. The number of aliphatic hydroxyl groups is 1. The van der Waals surface area contributed by atoms with Crippen molar-refractivity contribution in [2.45, 2.75) is 32.4 Å². The van der Waals surface area contributed by atoms with Crippen molar-refractivity contribution in [3.63, 3.8) is 0 Å². The van der Waals surface area contributed by atoms with E-state index in [4.69, 9.17) is 0 Å². The minimum atomic E-state index is -3.81. The molecule has 1 aromatic carbocycles. The monoisotopic (exact) mass is 309 g/mol. The lowest BCUT2D eigenvalue weighted by Crippen LogP contribution is -2.31. The fraction of sp³-hybridized carbons (Fsp3) is 0.357. The van der Waals surface area contributed by atoms with Gasteiger partial charge in [-0.3, -0.25) is 9.40 Å². The third-order valence-corrected chi connectivity index (χ3v) is 5.18. The Hall–Kier alpha value is -1.86. The summed E-state index contributed by atoms with van der Waals surface area (Å²) in [5, 5.41) is 15.7. The molecule has 2 aromatic rings. The average molecular weight is 309 g/mol. The molecule has 6 nitrogen and oxygen atoms in total. The summed E-state index contributed by atoms with van der Waals surface area (Å²) in [6.07, 6.45) is 0. The van der Waals surface area contributed by atoms with E-state index in [1.54, 1.807) is 26.0 Å². The number of aliphatic hydroxyl groups excluding tert-OH is 1. The summed E-state index contributed by atoms with van der Waals surface area (Å²) in [7, 11) is -3.81. The molecule has 0 fully saturated rings. The number of rotatable bonds is 5. The molecule has 21 heavy (non-hydrogen) atoms. The summed E-state index contributed by atoms with van der Waals surface area (Å²) < 4.78 is 26.9. The zero-order chi connectivity index (χ0) is 15.6. The van der Waals surface area contributed by atoms with Crippen LogP contribution in [0.1, 0.15) is 23.7 Å². The second-order valence-electron chi connectivity index (χ2n) is 4.80. The molecule has 0 aliphatic rings. The first kappa shape index (κ1) is 15.5. The second-order valence-corrected chi connectivity index (χ2v) is 6.58. The van der Waals surface area contributed by atoms with Crippen molar-refractivity contribution >= 4 is 15.7 Å². The van der Waals surface area contributed by atoms with E-state index in [1.807, 2.05) is 19.1 Å². The lowest BCUT2D eigenvalue weighted by Gasteiger charge is -2.22. The lowest BCUT2D eigenvalue weighted by atomic mass is 10.2. The molecule has 0 radical (unpaired) electrons. The zero-order valence-electron chi connectivity index (χ0n) is 12.3. The Kier molecular flexibility index (Phi) is 4.34. The van der Waals surface area contributed by atoms with Crippen LogP contribution in [-0.4, -0.2) is 30.3 Å². The van der Waals surface area contributed by atoms with Crippen LogP contribution in [0.15, 0.2) is 29.3 Å². The van der Waals surface area contributed by atoms with Gasteiger partial charge in [-0.25, -0.2) is 0 Å². The van der Waals surface area contributed by atoms with Gasteiger partial charge in [0.2, 0.25) is 5.03 Å². The van der Waals surface area contributed by atoms with E-state index in [-0.39, 0.29) is 18.2 Å². The summed E-state index contributed by atoms with van der Waals surface area (Å²) in [6.45, 7) is 5.26. The summed E-state index contributed by atoms with van der Waals surface area (Å²) in [4.78, 5) is 0. The van der Waals surface area contributed by atoms with Crippen molar-refractivity contribution in [2.75, 3.05) is 10.8 Å². The first-order chi connectivity index (χ1) is 9.91. The van der Waals surface area contributed by atoms with Crippen LogP contribution in [0.5, 0.6) is 0 Å². The molecule has 0 aliphatic carbocycles. The normalized spacial score (nSPS) is 11.6. The molecule has 0 bridgehead atoms. The second kappa shape index (κ2) is 5.87. The van der Waals surface area contributed by atoms with E-state index in [9.17, 15) is 13.5 Å². The number of aryl methyl sites for hydroxylation is 2. The highest BCUT2D eigenvalue weighted by Crippen LogP contribution is 2.26. The van der Waals surface area contributed by atoms with Gasteiger partial charge in [0.1, 0.15) is 0 Å². The van der Waals surface area contributed by atoms with Crippen LogP contribution in [0.2, 0.25) is 0 Å². The van der Waals surface area contributed by atoms with Gasteiger partial charge in [0.15, 0.2) is 0 Å². The predicted octanol–water partition coefficient (Wildman–Crippen LogP) is 1.73. The smallest absolute Gasteiger partial charge is 0.284 e. The van der Waals surface area contributed by atoms with Gasteiger partial charge >= 0.3 is 0 Å². The van der Waals surface area contributed by atoms with Gasteiger partial charge in [-0.05, 0) is 38.5 Å². The Morgan fingerprint density at radius 1 is 1.33 bits per heavy atom. The maximum absolute atomic E-state index is 12.8. The summed E-state index contributed by atoms with van der Waals surface area (Å²) in [6, 6.07) is 7.26. The summed E-state index contributed by atoms with van der Waals surface area (Å²) >= 11 is 0. The van der Waals surface area contributed by atoms with Crippen LogP contribution in [0.4, 0.5) is 5.69 Å². The number of aromatic amines is 1. The van der Waals surface area contributed by atoms with Crippen molar-refractivity contribution in [1.29, 1.82) is 0 Å². The Morgan fingerprint density at radius 2 is 2.05 bits per heavy atom. The number of nitrogens with zero attached hydrogens (tertiary/aromatic N) is 2. The molecular formula is C14H19N3O3S. The number of hydrogen-bond donors (Lipinski definition) is 2. The number of hydrogen-bond acceptors (Lipinski definition) is 4. The summed E-state index contributed by atoms with van der Waals surface area (Å²) in [5.74, 6) is 0. The molecule has 2 rings (SSSR count). The molecule has 114 valence electrons. The number of nitrogens with one attached hydrogen (secondary N) is 1. The Labute approximate surface area is 124 Å². The quantitative estimate of drug-likeness (QED) is 0.880. The molecule has 1 aromatic heterocycles. The van der Waals surface area contributed by atoms with Gasteiger partial charge in [-0.15, -0.1) is 0 Å². The van der Waals surface area contributed by atoms with Crippen LogP contribution in [0.3, 0.4) is 0 Å². The van der Waals surface area contributed by atoms with Crippen LogP contribution in [0.25, 0.3) is 0 Å². The molecule has 0 spiro atoms. The van der Waals surface area contributed by atoms with Gasteiger partial charge in [-0.2, -0.15) is 13.5 Å². The minimum absolute atomic E-state index is 0.120. The SMILES string of the molecule is CCN(c1cccc(C)c1)S(=O)(=O)c1n[nH]c(C)c1CO. The van der Waals surface area contributed by atoms with Crippen molar-refractivity contribution in [3.05, 3.63) is 41.1 Å². The molecule has 0 atom stereocenters. The van der Waals surface area contributed by atoms with Gasteiger partial charge in [0.05, 0.1) is 12.3 Å². The maximum Gasteiger partial charge on any atom is 0.284 e. The van der Waals surface area contributed by atoms with E-state index in [2.05, 4.69) is 10.2 Å². The average Bonchev–Trinajstić information content (AvgIpc) is 2.81. The molecule has 0 saturated heterocycles. The standard InChI is InChI=1S/C14H19N3O3S/c1-4-17(12-7-5-6-10(2)8-12)21(19,20)14-13(9-18)11(3)15-16-14/h5-8,18H,4,9H2,1-3H3,(H,15,16). The van der Waals surface area contributed by atoms with E-state index in [0.29, 0.717) is 16.9 Å². The van der Waals surface area contributed by atoms with Crippen LogP contribution in [-0.2, 0) is 16.6 Å². The van der Waals surface area contributed by atoms with Crippen molar-refractivity contribution in [3.8, 4) is 0 Å². The molecule has 7 heteroatoms.